The average Bonchev–Trinajstić information content (AvgIpc) is 3.39. The summed E-state index contributed by atoms with van der Waals surface area (Å²) in [6.45, 7) is 6.53. The molecule has 0 aromatic heterocycles. The second-order valence-corrected chi connectivity index (χ2v) is 20.9. The molecule has 1 unspecified atom stereocenters. The predicted octanol–water partition coefficient (Wildman–Crippen LogP) is 21.3. The van der Waals surface area contributed by atoms with Crippen LogP contribution in [0.25, 0.3) is 0 Å². The lowest BCUT2D eigenvalue weighted by molar-refractivity contribution is -0.167. The predicted molar refractivity (Wildman–Crippen MR) is 316 cm³/mol. The van der Waals surface area contributed by atoms with Crippen molar-refractivity contribution in [3.8, 4) is 0 Å². The zero-order valence-corrected chi connectivity index (χ0v) is 48.4. The molecule has 0 fully saturated rings. The number of unbranched alkanes of at least 4 members (excludes halogenated alkanes) is 34. The summed E-state index contributed by atoms with van der Waals surface area (Å²) in [5, 5.41) is 0. The van der Waals surface area contributed by atoms with Crippen LogP contribution in [-0.2, 0) is 28.6 Å². The molecule has 73 heavy (non-hydrogen) atoms. The normalized spacial score (nSPS) is 12.5. The summed E-state index contributed by atoms with van der Waals surface area (Å²) >= 11 is 0. The minimum Gasteiger partial charge on any atom is -0.462 e. The number of carbonyl (C=O) groups excluding carboxylic acids is 3. The van der Waals surface area contributed by atoms with Gasteiger partial charge in [0, 0.05) is 19.3 Å². The monoisotopic (exact) mass is 1020 g/mol. The fourth-order valence-electron chi connectivity index (χ4n) is 9.00. The van der Waals surface area contributed by atoms with E-state index in [0.717, 1.165) is 103 Å². The molecule has 0 aliphatic rings. The Morgan fingerprint density at radius 2 is 0.534 bits per heavy atom. The molecule has 0 aromatic rings. The van der Waals surface area contributed by atoms with Crippen LogP contribution in [0, 0.1) is 0 Å². The number of hydrogen-bond acceptors (Lipinski definition) is 6. The van der Waals surface area contributed by atoms with Crippen molar-refractivity contribution in [2.75, 3.05) is 13.2 Å². The van der Waals surface area contributed by atoms with E-state index in [0.29, 0.717) is 19.3 Å². The van der Waals surface area contributed by atoms with Gasteiger partial charge in [0.25, 0.3) is 0 Å². The Labute approximate surface area is 453 Å². The third-order valence-corrected chi connectivity index (χ3v) is 13.7. The Morgan fingerprint density at radius 3 is 0.863 bits per heavy atom. The van der Waals surface area contributed by atoms with E-state index in [4.69, 9.17) is 14.2 Å². The molecule has 0 radical (unpaired) electrons. The summed E-state index contributed by atoms with van der Waals surface area (Å²) in [6.07, 6.45) is 79.0. The first-order valence-electron chi connectivity index (χ1n) is 31.4. The maximum Gasteiger partial charge on any atom is 0.306 e. The molecule has 6 heteroatoms. The van der Waals surface area contributed by atoms with Crippen molar-refractivity contribution in [3.63, 3.8) is 0 Å². The first-order chi connectivity index (χ1) is 36.0. The molecule has 0 N–H and O–H groups in total. The lowest BCUT2D eigenvalue weighted by Crippen LogP contribution is -2.30. The molecule has 0 aliphatic carbocycles. The van der Waals surface area contributed by atoms with E-state index in [9.17, 15) is 14.4 Å². The van der Waals surface area contributed by atoms with Crippen molar-refractivity contribution < 1.29 is 28.6 Å². The number of esters is 3. The van der Waals surface area contributed by atoms with Gasteiger partial charge in [0.1, 0.15) is 13.2 Å². The lowest BCUT2D eigenvalue weighted by atomic mass is 10.0. The smallest absolute Gasteiger partial charge is 0.306 e. The van der Waals surface area contributed by atoms with E-state index in [2.05, 4.69) is 93.7 Å². The van der Waals surface area contributed by atoms with Crippen LogP contribution in [0.15, 0.2) is 72.9 Å². The standard InChI is InChI=1S/C67H118O6/c1-4-7-10-13-16-19-22-25-28-31-33-35-36-39-42-45-48-51-54-57-60-66(69)72-63-64(62-71-65(68)59-56-53-50-47-44-41-38-30-27-24-21-18-15-12-9-6-3)73-67(70)61-58-55-52-49-46-43-40-37-34-32-29-26-23-20-17-14-11-8-5-2/h8,11,17,20,26,29-30,34,37-38,43,46,64H,4-7,9-10,12-16,18-19,21-25,27-28,31-33,35-36,39-42,44-45,47-63H2,1-3H3/b11-8-,20-17-,29-26-,37-34-,38-30-,46-43-. The van der Waals surface area contributed by atoms with Gasteiger partial charge in [-0.1, -0.05) is 280 Å². The van der Waals surface area contributed by atoms with Gasteiger partial charge in [0.05, 0.1) is 0 Å². The molecule has 0 bridgehead atoms. The fourth-order valence-corrected chi connectivity index (χ4v) is 9.00. The van der Waals surface area contributed by atoms with Gasteiger partial charge in [-0.25, -0.2) is 0 Å². The number of ether oxygens (including phenoxy) is 3. The quantitative estimate of drug-likeness (QED) is 0.0261. The second-order valence-electron chi connectivity index (χ2n) is 20.9. The topological polar surface area (TPSA) is 78.9 Å². The molecule has 0 spiro atoms. The van der Waals surface area contributed by atoms with Crippen molar-refractivity contribution in [3.05, 3.63) is 72.9 Å². The summed E-state index contributed by atoms with van der Waals surface area (Å²) in [5.74, 6) is -0.915. The van der Waals surface area contributed by atoms with E-state index in [-0.39, 0.29) is 31.1 Å². The fraction of sp³-hybridized carbons (Fsp3) is 0.776. The van der Waals surface area contributed by atoms with Crippen LogP contribution < -0.4 is 0 Å². The van der Waals surface area contributed by atoms with Crippen molar-refractivity contribution in [1.29, 1.82) is 0 Å². The molecule has 0 aliphatic heterocycles. The van der Waals surface area contributed by atoms with Gasteiger partial charge in [-0.3, -0.25) is 14.4 Å². The van der Waals surface area contributed by atoms with Gasteiger partial charge in [-0.05, 0) is 89.9 Å². The van der Waals surface area contributed by atoms with Crippen LogP contribution in [0.1, 0.15) is 316 Å². The van der Waals surface area contributed by atoms with E-state index < -0.39 is 6.10 Å². The molecule has 0 saturated heterocycles. The Bertz CT molecular complexity index is 1360. The van der Waals surface area contributed by atoms with Gasteiger partial charge in [0.2, 0.25) is 0 Å². The molecule has 0 heterocycles. The Balaban J connectivity index is 4.41. The van der Waals surface area contributed by atoms with Crippen LogP contribution in [0.4, 0.5) is 0 Å². The number of allylic oxidation sites excluding steroid dienone is 12. The molecule has 1 atom stereocenters. The van der Waals surface area contributed by atoms with E-state index in [1.54, 1.807) is 0 Å². The highest BCUT2D eigenvalue weighted by atomic mass is 16.6. The highest BCUT2D eigenvalue weighted by Gasteiger charge is 2.19. The first-order valence-corrected chi connectivity index (χ1v) is 31.4. The van der Waals surface area contributed by atoms with Crippen molar-refractivity contribution >= 4 is 17.9 Å². The molecule has 0 saturated carbocycles. The summed E-state index contributed by atoms with van der Waals surface area (Å²) in [5.41, 5.74) is 0. The number of rotatable bonds is 57. The first kappa shape index (κ1) is 69.8. The highest BCUT2D eigenvalue weighted by Crippen LogP contribution is 2.17. The molecule has 0 aromatic carbocycles. The minimum atomic E-state index is -0.796. The molecule has 422 valence electrons. The van der Waals surface area contributed by atoms with Gasteiger partial charge < -0.3 is 14.2 Å². The third kappa shape index (κ3) is 59.6. The maximum absolute atomic E-state index is 12.9. The van der Waals surface area contributed by atoms with E-state index in [1.165, 1.54) is 173 Å². The molecule has 0 rings (SSSR count). The van der Waals surface area contributed by atoms with Gasteiger partial charge in [0.15, 0.2) is 6.10 Å². The van der Waals surface area contributed by atoms with Crippen molar-refractivity contribution in [2.45, 2.75) is 322 Å². The van der Waals surface area contributed by atoms with Crippen LogP contribution >= 0.6 is 0 Å². The second kappa shape index (κ2) is 61.4. The minimum absolute atomic E-state index is 0.0887. The van der Waals surface area contributed by atoms with Crippen molar-refractivity contribution in [1.82, 2.24) is 0 Å². The van der Waals surface area contributed by atoms with Crippen LogP contribution in [0.5, 0.6) is 0 Å². The zero-order chi connectivity index (χ0) is 52.9. The largest absolute Gasteiger partial charge is 0.462 e. The molecular weight excluding hydrogens is 901 g/mol. The zero-order valence-electron chi connectivity index (χ0n) is 48.4. The van der Waals surface area contributed by atoms with Gasteiger partial charge >= 0.3 is 17.9 Å². The van der Waals surface area contributed by atoms with Crippen molar-refractivity contribution in [2.24, 2.45) is 0 Å². The Kier molecular flexibility index (Phi) is 58.7. The Morgan fingerprint density at radius 1 is 0.288 bits per heavy atom. The summed E-state index contributed by atoms with van der Waals surface area (Å²) in [4.78, 5) is 38.3. The van der Waals surface area contributed by atoms with Gasteiger partial charge in [-0.2, -0.15) is 0 Å². The molecular formula is C67H118O6. The number of hydrogen-bond donors (Lipinski definition) is 0. The van der Waals surface area contributed by atoms with Gasteiger partial charge in [-0.15, -0.1) is 0 Å². The van der Waals surface area contributed by atoms with Crippen LogP contribution in [-0.4, -0.2) is 37.2 Å². The third-order valence-electron chi connectivity index (χ3n) is 13.7. The summed E-state index contributed by atoms with van der Waals surface area (Å²) < 4.78 is 16.9. The maximum atomic E-state index is 12.9. The lowest BCUT2D eigenvalue weighted by Gasteiger charge is -2.18. The molecule has 0 amide bonds. The van der Waals surface area contributed by atoms with E-state index >= 15 is 0 Å². The highest BCUT2D eigenvalue weighted by molar-refractivity contribution is 5.71. The Hall–Kier alpha value is -3.15. The summed E-state index contributed by atoms with van der Waals surface area (Å²) in [6, 6.07) is 0. The summed E-state index contributed by atoms with van der Waals surface area (Å²) in [7, 11) is 0. The van der Waals surface area contributed by atoms with Crippen LogP contribution in [0.2, 0.25) is 0 Å². The molecule has 6 nitrogen and oxygen atoms in total. The SMILES string of the molecule is CC/C=C\C/C=C\C/C=C\C/C=C\C/C=C\CCCCCC(=O)OC(COC(=O)CCCCCCC/C=C\CCCCCCCCC)COC(=O)CCCCCCCCCCCCCCCCCCCCCC. The van der Waals surface area contributed by atoms with Crippen LogP contribution in [0.3, 0.4) is 0 Å². The number of carbonyl (C=O) groups is 3. The van der Waals surface area contributed by atoms with E-state index in [1.807, 2.05) is 0 Å². The average molecular weight is 1020 g/mol.